The van der Waals surface area contributed by atoms with Crippen molar-refractivity contribution in [2.75, 3.05) is 0 Å². The predicted octanol–water partition coefficient (Wildman–Crippen LogP) is 3.90. The van der Waals surface area contributed by atoms with E-state index in [4.69, 9.17) is 17.4 Å². The maximum atomic E-state index is 13.1. The van der Waals surface area contributed by atoms with Crippen LogP contribution in [0.5, 0.6) is 0 Å². The number of hydrogen-bond acceptors (Lipinski definition) is 3. The maximum Gasteiger partial charge on any atom is 0.123 e. The number of nitrogens with two attached hydrogens (primary N) is 1. The minimum absolute atomic E-state index is 0.0599. The molecule has 1 unspecified atom stereocenters. The van der Waals surface area contributed by atoms with Gasteiger partial charge < -0.3 is 0 Å². The Labute approximate surface area is 121 Å². The number of benzene rings is 1. The van der Waals surface area contributed by atoms with Crippen molar-refractivity contribution in [2.45, 2.75) is 26.3 Å². The fraction of sp³-hybridized carbons (Fsp3) is 0.286. The van der Waals surface area contributed by atoms with Crippen LogP contribution in [0.25, 0.3) is 0 Å². The van der Waals surface area contributed by atoms with Crippen molar-refractivity contribution >= 4 is 22.9 Å². The molecule has 0 spiro atoms. The average Bonchev–Trinajstić information content (AvgIpc) is 2.70. The van der Waals surface area contributed by atoms with E-state index in [9.17, 15) is 4.39 Å². The van der Waals surface area contributed by atoms with E-state index in [1.165, 1.54) is 12.1 Å². The fourth-order valence-electron chi connectivity index (χ4n) is 2.02. The molecule has 0 fully saturated rings. The highest BCUT2D eigenvalue weighted by molar-refractivity contribution is 7.10. The second-order valence-electron chi connectivity index (χ2n) is 4.59. The summed E-state index contributed by atoms with van der Waals surface area (Å²) in [6.45, 7) is 3.87. The number of hydrogen-bond donors (Lipinski definition) is 2. The highest BCUT2D eigenvalue weighted by Gasteiger charge is 2.18. The Hall–Kier alpha value is -0.940. The van der Waals surface area contributed by atoms with Crippen molar-refractivity contribution in [3.8, 4) is 0 Å². The van der Waals surface area contributed by atoms with E-state index < -0.39 is 0 Å². The Kier molecular flexibility index (Phi) is 4.58. The number of nitrogens with one attached hydrogen (secondary N) is 1. The molecule has 2 aromatic rings. The summed E-state index contributed by atoms with van der Waals surface area (Å²) >= 11 is 7.86. The van der Waals surface area contributed by atoms with Crippen LogP contribution < -0.4 is 11.3 Å². The lowest BCUT2D eigenvalue weighted by atomic mass is 10.00. The Morgan fingerprint density at radius 3 is 2.63 bits per heavy atom. The second kappa shape index (κ2) is 6.01. The molecule has 0 saturated carbocycles. The lowest BCUT2D eigenvalue weighted by Gasteiger charge is -2.16. The third kappa shape index (κ3) is 3.15. The highest BCUT2D eigenvalue weighted by atomic mass is 35.5. The molecule has 102 valence electrons. The summed E-state index contributed by atoms with van der Waals surface area (Å²) in [5.74, 6) is 5.42. The lowest BCUT2D eigenvalue weighted by molar-refractivity contribution is 0.558. The minimum Gasteiger partial charge on any atom is -0.271 e. The van der Waals surface area contributed by atoms with Gasteiger partial charge in [0.2, 0.25) is 0 Å². The molecule has 0 aliphatic carbocycles. The quantitative estimate of drug-likeness (QED) is 0.663. The van der Waals surface area contributed by atoms with Crippen LogP contribution in [0.3, 0.4) is 0 Å². The largest absolute Gasteiger partial charge is 0.271 e. The normalized spacial score (nSPS) is 12.7. The van der Waals surface area contributed by atoms with E-state index in [-0.39, 0.29) is 11.9 Å². The monoisotopic (exact) mass is 298 g/mol. The summed E-state index contributed by atoms with van der Waals surface area (Å²) in [5.41, 5.74) is 5.83. The molecule has 0 amide bonds. The van der Waals surface area contributed by atoms with Crippen molar-refractivity contribution in [3.05, 3.63) is 56.0 Å². The fourth-order valence-corrected chi connectivity index (χ4v) is 3.41. The molecule has 0 bridgehead atoms. The molecule has 1 atom stereocenters. The minimum atomic E-state index is -0.219. The van der Waals surface area contributed by atoms with Crippen LogP contribution in [-0.2, 0) is 6.42 Å². The lowest BCUT2D eigenvalue weighted by Crippen LogP contribution is -2.29. The van der Waals surface area contributed by atoms with Gasteiger partial charge >= 0.3 is 0 Å². The topological polar surface area (TPSA) is 38.0 Å². The SMILES string of the molecule is Cc1cc(F)ccc1CC(NN)c1scc(C)c1Cl. The smallest absolute Gasteiger partial charge is 0.123 e. The van der Waals surface area contributed by atoms with Gasteiger partial charge in [0.25, 0.3) is 0 Å². The van der Waals surface area contributed by atoms with Gasteiger partial charge in [-0.2, -0.15) is 0 Å². The van der Waals surface area contributed by atoms with Crippen molar-refractivity contribution in [1.29, 1.82) is 0 Å². The second-order valence-corrected chi connectivity index (χ2v) is 5.88. The van der Waals surface area contributed by atoms with Gasteiger partial charge in [-0.1, -0.05) is 17.7 Å². The first kappa shape index (κ1) is 14.5. The molecule has 0 aliphatic heterocycles. The van der Waals surface area contributed by atoms with E-state index in [1.807, 2.05) is 19.2 Å². The van der Waals surface area contributed by atoms with Gasteiger partial charge in [0.1, 0.15) is 5.82 Å². The molecule has 2 rings (SSSR count). The third-order valence-corrected chi connectivity index (χ3v) is 5.00. The van der Waals surface area contributed by atoms with Gasteiger partial charge in [-0.25, -0.2) is 4.39 Å². The molecule has 1 aromatic heterocycles. The van der Waals surface area contributed by atoms with Crippen LogP contribution in [0.1, 0.15) is 27.6 Å². The summed E-state index contributed by atoms with van der Waals surface area (Å²) in [4.78, 5) is 1.02. The van der Waals surface area contributed by atoms with Crippen molar-refractivity contribution in [1.82, 2.24) is 5.43 Å². The van der Waals surface area contributed by atoms with Crippen LogP contribution in [-0.4, -0.2) is 0 Å². The van der Waals surface area contributed by atoms with Crippen molar-refractivity contribution < 1.29 is 4.39 Å². The van der Waals surface area contributed by atoms with Gasteiger partial charge in [-0.3, -0.25) is 11.3 Å². The predicted molar refractivity (Wildman–Crippen MR) is 79.0 cm³/mol. The first-order chi connectivity index (χ1) is 9.02. The highest BCUT2D eigenvalue weighted by Crippen LogP contribution is 2.34. The van der Waals surface area contributed by atoms with Crippen molar-refractivity contribution in [3.63, 3.8) is 0 Å². The van der Waals surface area contributed by atoms with Crippen molar-refractivity contribution in [2.24, 2.45) is 5.84 Å². The van der Waals surface area contributed by atoms with E-state index in [0.29, 0.717) is 6.42 Å². The van der Waals surface area contributed by atoms with Gasteiger partial charge in [-0.05, 0) is 54.5 Å². The van der Waals surface area contributed by atoms with Gasteiger partial charge in [-0.15, -0.1) is 11.3 Å². The summed E-state index contributed by atoms with van der Waals surface area (Å²) in [5, 5.41) is 2.77. The van der Waals surface area contributed by atoms with Crippen LogP contribution in [0.2, 0.25) is 5.02 Å². The molecule has 2 nitrogen and oxygen atoms in total. The first-order valence-electron chi connectivity index (χ1n) is 5.97. The number of thiophene rings is 1. The summed E-state index contributed by atoms with van der Waals surface area (Å²) < 4.78 is 13.1. The summed E-state index contributed by atoms with van der Waals surface area (Å²) in [7, 11) is 0. The van der Waals surface area contributed by atoms with Gasteiger partial charge in [0.05, 0.1) is 11.1 Å². The zero-order valence-corrected chi connectivity index (χ0v) is 12.4. The number of hydrazine groups is 1. The zero-order valence-electron chi connectivity index (χ0n) is 10.8. The molecular formula is C14H16ClFN2S. The zero-order chi connectivity index (χ0) is 14.0. The number of aryl methyl sites for hydroxylation is 2. The summed E-state index contributed by atoms with van der Waals surface area (Å²) in [6, 6.07) is 4.74. The molecule has 5 heteroatoms. The Balaban J connectivity index is 2.26. The molecule has 0 aliphatic rings. The number of rotatable bonds is 4. The maximum absolute atomic E-state index is 13.1. The van der Waals surface area contributed by atoms with Crippen LogP contribution in [0, 0.1) is 19.7 Å². The Morgan fingerprint density at radius 2 is 2.11 bits per heavy atom. The molecule has 0 radical (unpaired) electrons. The molecule has 19 heavy (non-hydrogen) atoms. The number of halogens is 2. The third-order valence-electron chi connectivity index (χ3n) is 3.17. The van der Waals surface area contributed by atoms with Crippen LogP contribution >= 0.6 is 22.9 Å². The Bertz CT molecular complexity index is 583. The molecular weight excluding hydrogens is 283 g/mol. The summed E-state index contributed by atoms with van der Waals surface area (Å²) in [6.07, 6.45) is 0.683. The average molecular weight is 299 g/mol. The molecule has 1 heterocycles. The van der Waals surface area contributed by atoms with Crippen LogP contribution in [0.15, 0.2) is 23.6 Å². The Morgan fingerprint density at radius 1 is 1.37 bits per heavy atom. The van der Waals surface area contributed by atoms with Gasteiger partial charge in [0.15, 0.2) is 0 Å². The van der Waals surface area contributed by atoms with E-state index >= 15 is 0 Å². The molecule has 3 N–H and O–H groups in total. The van der Waals surface area contributed by atoms with E-state index in [0.717, 1.165) is 26.6 Å². The first-order valence-corrected chi connectivity index (χ1v) is 7.23. The van der Waals surface area contributed by atoms with Gasteiger partial charge in [0, 0.05) is 4.88 Å². The molecule has 0 saturated heterocycles. The van der Waals surface area contributed by atoms with Crippen LogP contribution in [0.4, 0.5) is 4.39 Å². The van der Waals surface area contributed by atoms with E-state index in [1.54, 1.807) is 17.4 Å². The van der Waals surface area contributed by atoms with E-state index in [2.05, 4.69) is 5.43 Å². The molecule has 1 aromatic carbocycles. The standard InChI is InChI=1S/C14H16ClFN2S/c1-8-5-11(16)4-3-10(8)6-12(18-17)14-13(15)9(2)7-19-14/h3-5,7,12,18H,6,17H2,1-2H3.